The third kappa shape index (κ3) is 23.7. The van der Waals surface area contributed by atoms with Crippen LogP contribution < -0.4 is 39.3 Å². The van der Waals surface area contributed by atoms with E-state index >= 15 is 0 Å². The van der Waals surface area contributed by atoms with E-state index in [1.807, 2.05) is 0 Å². The van der Waals surface area contributed by atoms with Crippen LogP contribution in [0.4, 0.5) is 4.79 Å². The Balaban J connectivity index is -0.000000575. The van der Waals surface area contributed by atoms with Crippen molar-refractivity contribution in [1.82, 2.24) is 10.6 Å². The molecule has 0 aliphatic heterocycles. The average Bonchev–Trinajstić information content (AvgIpc) is 2.84. The van der Waals surface area contributed by atoms with Crippen LogP contribution in [0.2, 0.25) is 0 Å². The van der Waals surface area contributed by atoms with Gasteiger partial charge in [-0.2, -0.15) is 0 Å². The van der Waals surface area contributed by atoms with Crippen LogP contribution in [0, 0.1) is 0 Å². The van der Waals surface area contributed by atoms with E-state index in [1.54, 1.807) is 0 Å². The van der Waals surface area contributed by atoms with Gasteiger partial charge in [0, 0.05) is 13.1 Å². The molecule has 0 heterocycles. The number of rotatable bonds is 16. The van der Waals surface area contributed by atoms with Gasteiger partial charge in [-0.05, 0) is 19.3 Å². The molecule has 0 aromatic carbocycles. The van der Waals surface area contributed by atoms with Crippen molar-refractivity contribution in [3.8, 4) is 0 Å². The van der Waals surface area contributed by atoms with E-state index in [2.05, 4.69) is 27.1 Å². The van der Waals surface area contributed by atoms with Crippen LogP contribution in [-0.2, 0) is 28.9 Å². The maximum atomic E-state index is 10.7. The second-order valence-corrected chi connectivity index (χ2v) is 7.38. The number of nitrogens with one attached hydrogen (secondary N) is 2. The SMILES string of the molecule is C=C(OO)C(N)C(=O)O.NC(=NCCCC(N)C(=O)O)NC(CC(=O)O)C(=O)O.NC(=O)NCCC(N)C(=O)O. The molecule has 0 saturated carbocycles. The number of carboxylic acid groups (broad SMARTS) is 5. The molecule has 0 spiro atoms. The Kier molecular flexibility index (Phi) is 22.1. The highest BCUT2D eigenvalue weighted by Crippen LogP contribution is 1.97. The zero-order valence-corrected chi connectivity index (χ0v) is 21.1. The molecule has 0 aliphatic rings. The molecule has 0 radical (unpaired) electrons. The fraction of sp³-hybridized carbons (Fsp3) is 0.526. The minimum absolute atomic E-state index is 0.152. The Morgan fingerprint density at radius 1 is 0.825 bits per heavy atom. The molecule has 0 aliphatic carbocycles. The molecule has 18 N–H and O–H groups in total. The van der Waals surface area contributed by atoms with Crippen molar-refractivity contribution in [3.05, 3.63) is 12.3 Å². The van der Waals surface area contributed by atoms with E-state index in [9.17, 15) is 28.8 Å². The van der Waals surface area contributed by atoms with Crippen LogP contribution >= 0.6 is 0 Å². The molecule has 21 nitrogen and oxygen atoms in total. The van der Waals surface area contributed by atoms with Gasteiger partial charge in [0.1, 0.15) is 18.1 Å². The maximum Gasteiger partial charge on any atom is 0.328 e. The van der Waals surface area contributed by atoms with Crippen LogP contribution in [0.25, 0.3) is 0 Å². The number of guanidine groups is 1. The quantitative estimate of drug-likeness (QED) is 0.0204. The molecule has 40 heavy (non-hydrogen) atoms. The van der Waals surface area contributed by atoms with Crippen molar-refractivity contribution in [2.75, 3.05) is 13.1 Å². The number of urea groups is 1. The largest absolute Gasteiger partial charge is 0.481 e. The first-order valence-electron chi connectivity index (χ1n) is 10.9. The van der Waals surface area contributed by atoms with Gasteiger partial charge in [0.2, 0.25) is 0 Å². The van der Waals surface area contributed by atoms with Crippen LogP contribution in [-0.4, -0.2) is 110 Å². The van der Waals surface area contributed by atoms with E-state index in [0.29, 0.717) is 6.42 Å². The number of primary amides is 1. The standard InChI is InChI=1S/C10H18N4O6.C5H11N3O3.C4H7NO4/c11-5(8(17)18)2-1-3-13-10(12)14-6(9(19)20)4-7(15)16;6-3(4(9)10)1-2-8-5(7)11;1-2(9-8)3(5)4(6)7/h5-6H,1-4,11H2,(H,15,16)(H,17,18)(H,19,20)(H3,12,13,14);3H,1-2,6H2,(H,9,10)(H3,7,8,11);3,8H,1,5H2,(H,6,7). The van der Waals surface area contributed by atoms with Crippen molar-refractivity contribution in [1.29, 1.82) is 0 Å². The Bertz CT molecular complexity index is 899. The van der Waals surface area contributed by atoms with E-state index in [0.717, 1.165) is 0 Å². The van der Waals surface area contributed by atoms with Gasteiger partial charge in [0.15, 0.2) is 17.8 Å². The number of nitrogens with two attached hydrogens (primary N) is 5. The number of amides is 2. The predicted octanol–water partition coefficient (Wildman–Crippen LogP) is -4.13. The molecular formula is C19H36N8O13. The van der Waals surface area contributed by atoms with Crippen molar-refractivity contribution >= 4 is 41.8 Å². The number of hydrogen-bond acceptors (Lipinski definition) is 12. The summed E-state index contributed by atoms with van der Waals surface area (Å²) in [6.45, 7) is 3.35. The van der Waals surface area contributed by atoms with E-state index in [-0.39, 0.29) is 37.6 Å². The Hall–Kier alpha value is -4.73. The lowest BCUT2D eigenvalue weighted by Crippen LogP contribution is -2.45. The van der Waals surface area contributed by atoms with Crippen molar-refractivity contribution in [2.45, 2.75) is 49.9 Å². The molecule has 0 rings (SSSR count). The number of hydrogen-bond donors (Lipinski definition) is 13. The summed E-state index contributed by atoms with van der Waals surface area (Å²) >= 11 is 0. The molecule has 4 unspecified atom stereocenters. The first-order chi connectivity index (χ1) is 18.4. The van der Waals surface area contributed by atoms with Gasteiger partial charge >= 0.3 is 35.9 Å². The highest BCUT2D eigenvalue weighted by molar-refractivity contribution is 5.87. The Morgan fingerprint density at radius 3 is 1.68 bits per heavy atom. The van der Waals surface area contributed by atoms with Gasteiger partial charge in [-0.1, -0.05) is 6.58 Å². The third-order valence-corrected chi connectivity index (χ3v) is 4.07. The fourth-order valence-electron chi connectivity index (χ4n) is 1.90. The van der Waals surface area contributed by atoms with Gasteiger partial charge in [0.25, 0.3) is 0 Å². The van der Waals surface area contributed by atoms with Crippen molar-refractivity contribution < 1.29 is 64.4 Å². The predicted molar refractivity (Wildman–Crippen MR) is 134 cm³/mol. The number of carbonyl (C=O) groups is 6. The summed E-state index contributed by atoms with van der Waals surface area (Å²) in [5.74, 6) is -6.76. The monoisotopic (exact) mass is 584 g/mol. The summed E-state index contributed by atoms with van der Waals surface area (Å²) in [5, 5.41) is 54.5. The van der Waals surface area contributed by atoms with E-state index < -0.39 is 66.5 Å². The van der Waals surface area contributed by atoms with Crippen LogP contribution in [0.3, 0.4) is 0 Å². The number of aliphatic imine (C=N–C) groups is 1. The van der Waals surface area contributed by atoms with Gasteiger partial charge in [-0.25, -0.2) is 14.8 Å². The Morgan fingerprint density at radius 2 is 1.32 bits per heavy atom. The lowest BCUT2D eigenvalue weighted by atomic mass is 10.2. The van der Waals surface area contributed by atoms with Crippen LogP contribution in [0.15, 0.2) is 17.3 Å². The number of carboxylic acids is 5. The second kappa shape index (κ2) is 22.3. The van der Waals surface area contributed by atoms with Gasteiger partial charge in [0.05, 0.1) is 6.42 Å². The van der Waals surface area contributed by atoms with Crippen molar-refractivity contribution in [3.63, 3.8) is 0 Å². The molecule has 230 valence electrons. The average molecular weight is 585 g/mol. The molecule has 2 amide bonds. The highest BCUT2D eigenvalue weighted by atomic mass is 17.1. The lowest BCUT2D eigenvalue weighted by molar-refractivity contribution is -0.208. The third-order valence-electron chi connectivity index (χ3n) is 4.07. The van der Waals surface area contributed by atoms with Crippen LogP contribution in [0.5, 0.6) is 0 Å². The smallest absolute Gasteiger partial charge is 0.328 e. The summed E-state index contributed by atoms with van der Waals surface area (Å²) in [6.07, 6.45) is 0.0871. The van der Waals surface area contributed by atoms with Gasteiger partial charge in [-0.3, -0.25) is 24.2 Å². The molecule has 0 aromatic heterocycles. The summed E-state index contributed by atoms with van der Waals surface area (Å²) in [5.41, 5.74) is 25.4. The molecule has 4 atom stereocenters. The van der Waals surface area contributed by atoms with Crippen molar-refractivity contribution in [2.24, 2.45) is 33.7 Å². The number of aliphatic carboxylic acids is 5. The minimum Gasteiger partial charge on any atom is -0.481 e. The minimum atomic E-state index is -1.38. The normalized spacial score (nSPS) is 13.2. The van der Waals surface area contributed by atoms with E-state index in [1.165, 1.54) is 0 Å². The van der Waals surface area contributed by atoms with E-state index in [4.69, 9.17) is 59.5 Å². The topological polar surface area (TPSA) is 400 Å². The van der Waals surface area contributed by atoms with Crippen LogP contribution in [0.1, 0.15) is 25.7 Å². The molecule has 0 aromatic rings. The first-order valence-corrected chi connectivity index (χ1v) is 10.9. The summed E-state index contributed by atoms with van der Waals surface area (Å²) in [4.78, 5) is 69.0. The highest BCUT2D eigenvalue weighted by Gasteiger charge is 2.21. The number of carbonyl (C=O) groups excluding carboxylic acids is 1. The molecule has 0 fully saturated rings. The second-order valence-electron chi connectivity index (χ2n) is 7.38. The first kappa shape index (κ1) is 39.8. The summed E-state index contributed by atoms with van der Waals surface area (Å²) < 4.78 is 0. The number of nitrogens with zero attached hydrogens (tertiary/aromatic N) is 1. The van der Waals surface area contributed by atoms with Gasteiger partial charge < -0.3 is 69.7 Å². The zero-order chi connectivity index (χ0) is 32.0. The summed E-state index contributed by atoms with van der Waals surface area (Å²) in [7, 11) is 0. The fourth-order valence-corrected chi connectivity index (χ4v) is 1.90. The molecule has 0 bridgehead atoms. The van der Waals surface area contributed by atoms with Gasteiger partial charge in [-0.15, -0.1) is 0 Å². The zero-order valence-electron chi connectivity index (χ0n) is 21.1. The maximum absolute atomic E-state index is 10.7. The molecule has 21 heteroatoms. The summed E-state index contributed by atoms with van der Waals surface area (Å²) in [6, 6.07) is -5.35. The molecule has 0 saturated heterocycles. The lowest BCUT2D eigenvalue weighted by Gasteiger charge is -2.12. The Labute approximate surface area is 226 Å². The molecular weight excluding hydrogens is 548 g/mol.